The zero-order valence-electron chi connectivity index (χ0n) is 10.8. The van der Waals surface area contributed by atoms with Crippen LogP contribution in [-0.4, -0.2) is 25.3 Å². The van der Waals surface area contributed by atoms with Gasteiger partial charge in [0.25, 0.3) is 0 Å². The first-order valence-corrected chi connectivity index (χ1v) is 7.01. The molecule has 0 aliphatic rings. The molecule has 7 heteroatoms. The van der Waals surface area contributed by atoms with Crippen LogP contribution in [0.4, 0.5) is 0 Å². The second kappa shape index (κ2) is 5.99. The summed E-state index contributed by atoms with van der Waals surface area (Å²) in [5.74, 6) is 2.29. The van der Waals surface area contributed by atoms with Gasteiger partial charge in [0.15, 0.2) is 5.82 Å². The number of aromatic amines is 1. The van der Waals surface area contributed by atoms with Gasteiger partial charge in [-0.05, 0) is 13.3 Å². The third-order valence-electron chi connectivity index (χ3n) is 2.43. The van der Waals surface area contributed by atoms with Crippen molar-refractivity contribution in [1.82, 2.24) is 25.3 Å². The molecule has 0 amide bonds. The van der Waals surface area contributed by atoms with Crippen molar-refractivity contribution in [2.45, 2.75) is 50.4 Å². The fourth-order valence-electron chi connectivity index (χ4n) is 1.45. The van der Waals surface area contributed by atoms with Crippen molar-refractivity contribution in [3.8, 4) is 0 Å². The van der Waals surface area contributed by atoms with Crippen molar-refractivity contribution in [3.63, 3.8) is 0 Å². The average Bonchev–Trinajstić information content (AvgIpc) is 2.98. The predicted molar refractivity (Wildman–Crippen MR) is 68.3 cm³/mol. The van der Waals surface area contributed by atoms with Gasteiger partial charge < -0.3 is 4.52 Å². The number of nitrogens with zero attached hydrogens (tertiary/aromatic N) is 4. The highest BCUT2D eigenvalue weighted by molar-refractivity contribution is 7.99. The Balaban J connectivity index is 1.99. The average molecular weight is 267 g/mol. The van der Waals surface area contributed by atoms with Gasteiger partial charge in [-0.3, -0.25) is 5.10 Å². The number of hydrogen-bond donors (Lipinski definition) is 1. The fourth-order valence-corrected chi connectivity index (χ4v) is 2.23. The summed E-state index contributed by atoms with van der Waals surface area (Å²) >= 11 is 1.51. The number of nitrogens with one attached hydrogen (secondary N) is 1. The Labute approximate surface area is 110 Å². The van der Waals surface area contributed by atoms with Crippen molar-refractivity contribution in [1.29, 1.82) is 0 Å². The maximum Gasteiger partial charge on any atom is 0.239 e. The van der Waals surface area contributed by atoms with Gasteiger partial charge in [-0.25, -0.2) is 4.98 Å². The Morgan fingerprint density at radius 2 is 2.17 bits per heavy atom. The maximum absolute atomic E-state index is 5.24. The molecule has 18 heavy (non-hydrogen) atoms. The van der Waals surface area contributed by atoms with Crippen LogP contribution in [0.2, 0.25) is 0 Å². The third kappa shape index (κ3) is 3.10. The van der Waals surface area contributed by atoms with Crippen molar-refractivity contribution in [2.75, 3.05) is 0 Å². The highest BCUT2D eigenvalue weighted by Crippen LogP contribution is 2.31. The van der Waals surface area contributed by atoms with E-state index in [2.05, 4.69) is 32.2 Å². The molecular formula is C11H17N5OS. The third-order valence-corrected chi connectivity index (χ3v) is 3.38. The number of thioether (sulfide) groups is 1. The van der Waals surface area contributed by atoms with Gasteiger partial charge in [-0.1, -0.05) is 30.8 Å². The molecule has 98 valence electrons. The second-order valence-corrected chi connectivity index (χ2v) is 5.29. The van der Waals surface area contributed by atoms with E-state index in [-0.39, 0.29) is 5.25 Å². The van der Waals surface area contributed by atoms with E-state index < -0.39 is 0 Å². The van der Waals surface area contributed by atoms with E-state index in [0.29, 0.717) is 5.89 Å². The number of rotatable bonds is 6. The molecule has 2 aromatic heterocycles. The minimum atomic E-state index is 0.0589. The topological polar surface area (TPSA) is 80.5 Å². The van der Waals surface area contributed by atoms with E-state index in [0.717, 1.165) is 36.1 Å². The largest absolute Gasteiger partial charge is 0.338 e. The normalized spacial score (nSPS) is 12.8. The van der Waals surface area contributed by atoms with E-state index in [1.807, 2.05) is 13.8 Å². The molecule has 6 nitrogen and oxygen atoms in total. The highest BCUT2D eigenvalue weighted by Gasteiger charge is 2.17. The summed E-state index contributed by atoms with van der Waals surface area (Å²) in [6.45, 7) is 6.14. The summed E-state index contributed by atoms with van der Waals surface area (Å²) in [6, 6.07) is 0. The van der Waals surface area contributed by atoms with E-state index in [1.54, 1.807) is 0 Å². The minimum absolute atomic E-state index is 0.0589. The molecule has 0 aliphatic heterocycles. The molecule has 0 fully saturated rings. The Bertz CT molecular complexity index is 495. The minimum Gasteiger partial charge on any atom is -0.338 e. The quantitative estimate of drug-likeness (QED) is 0.810. The number of aromatic nitrogens is 5. The molecule has 0 aromatic carbocycles. The second-order valence-electron chi connectivity index (χ2n) is 3.98. The lowest BCUT2D eigenvalue weighted by molar-refractivity contribution is 0.374. The van der Waals surface area contributed by atoms with Crippen LogP contribution in [0.3, 0.4) is 0 Å². The van der Waals surface area contributed by atoms with Crippen molar-refractivity contribution in [3.05, 3.63) is 17.5 Å². The van der Waals surface area contributed by atoms with Gasteiger partial charge >= 0.3 is 0 Å². The molecule has 0 unspecified atom stereocenters. The molecule has 0 bridgehead atoms. The first kappa shape index (κ1) is 13.1. The smallest absolute Gasteiger partial charge is 0.239 e. The molecule has 1 N–H and O–H groups in total. The Morgan fingerprint density at radius 1 is 1.33 bits per heavy atom. The molecule has 0 radical (unpaired) electrons. The summed E-state index contributed by atoms with van der Waals surface area (Å²) in [6.07, 6.45) is 2.71. The molecule has 1 atom stereocenters. The SMILES string of the molecule is CCCc1noc([C@H](C)Sc2n[nH]c(CC)n2)n1. The first-order valence-electron chi connectivity index (χ1n) is 6.13. The van der Waals surface area contributed by atoms with Gasteiger partial charge in [-0.15, -0.1) is 5.10 Å². The van der Waals surface area contributed by atoms with Crippen molar-refractivity contribution < 1.29 is 4.52 Å². The summed E-state index contributed by atoms with van der Waals surface area (Å²) in [7, 11) is 0. The molecule has 0 spiro atoms. The predicted octanol–water partition coefficient (Wildman–Crippen LogP) is 2.56. The van der Waals surface area contributed by atoms with Gasteiger partial charge in [-0.2, -0.15) is 4.98 Å². The van der Waals surface area contributed by atoms with Gasteiger partial charge in [0.2, 0.25) is 11.0 Å². The van der Waals surface area contributed by atoms with Crippen LogP contribution >= 0.6 is 11.8 Å². The van der Waals surface area contributed by atoms with E-state index in [9.17, 15) is 0 Å². The van der Waals surface area contributed by atoms with E-state index >= 15 is 0 Å². The van der Waals surface area contributed by atoms with Crippen LogP contribution < -0.4 is 0 Å². The van der Waals surface area contributed by atoms with Crippen LogP contribution in [0.25, 0.3) is 0 Å². The number of aryl methyl sites for hydroxylation is 2. The number of hydrogen-bond acceptors (Lipinski definition) is 6. The molecule has 0 aliphatic carbocycles. The first-order chi connectivity index (χ1) is 8.72. The fraction of sp³-hybridized carbons (Fsp3) is 0.636. The van der Waals surface area contributed by atoms with Crippen molar-refractivity contribution >= 4 is 11.8 Å². The van der Waals surface area contributed by atoms with Crippen LogP contribution in [0.15, 0.2) is 9.68 Å². The lowest BCUT2D eigenvalue weighted by atomic mass is 10.3. The maximum atomic E-state index is 5.24. The standard InChI is InChI=1S/C11H17N5OS/c1-4-6-9-12-10(17-16-9)7(3)18-11-13-8(5-2)14-15-11/h7H,4-6H2,1-3H3,(H,13,14,15)/t7-/m0/s1. The lowest BCUT2D eigenvalue weighted by Gasteiger charge is -2.01. The zero-order chi connectivity index (χ0) is 13.0. The van der Waals surface area contributed by atoms with E-state index in [1.165, 1.54) is 11.8 Å². The van der Waals surface area contributed by atoms with Gasteiger partial charge in [0.1, 0.15) is 5.82 Å². The summed E-state index contributed by atoms with van der Waals surface area (Å²) in [5.41, 5.74) is 0. The Hall–Kier alpha value is -1.37. The van der Waals surface area contributed by atoms with Gasteiger partial charge in [0.05, 0.1) is 5.25 Å². The Morgan fingerprint density at radius 3 is 2.83 bits per heavy atom. The zero-order valence-corrected chi connectivity index (χ0v) is 11.6. The number of H-pyrrole nitrogens is 1. The summed E-state index contributed by atoms with van der Waals surface area (Å²) in [5, 5.41) is 11.7. The van der Waals surface area contributed by atoms with Gasteiger partial charge in [0, 0.05) is 12.8 Å². The molecule has 0 saturated carbocycles. The Kier molecular flexibility index (Phi) is 4.35. The lowest BCUT2D eigenvalue weighted by Crippen LogP contribution is -1.91. The van der Waals surface area contributed by atoms with E-state index in [4.69, 9.17) is 4.52 Å². The monoisotopic (exact) mass is 267 g/mol. The molecule has 2 aromatic rings. The molecular weight excluding hydrogens is 250 g/mol. The highest BCUT2D eigenvalue weighted by atomic mass is 32.2. The van der Waals surface area contributed by atoms with Crippen molar-refractivity contribution in [2.24, 2.45) is 0 Å². The molecule has 2 heterocycles. The summed E-state index contributed by atoms with van der Waals surface area (Å²) < 4.78 is 5.24. The molecule has 2 rings (SSSR count). The van der Waals surface area contributed by atoms with Crippen LogP contribution in [0.1, 0.15) is 50.0 Å². The van der Waals surface area contributed by atoms with Crippen LogP contribution in [0, 0.1) is 0 Å². The summed E-state index contributed by atoms with van der Waals surface area (Å²) in [4.78, 5) is 8.70. The van der Waals surface area contributed by atoms with Crippen LogP contribution in [0.5, 0.6) is 0 Å². The van der Waals surface area contributed by atoms with Crippen LogP contribution in [-0.2, 0) is 12.8 Å². The molecule has 0 saturated heterocycles.